The van der Waals surface area contributed by atoms with E-state index >= 15 is 0 Å². The Morgan fingerprint density at radius 1 is 1.32 bits per heavy atom. The molecule has 3 rings (SSSR count). The highest BCUT2D eigenvalue weighted by atomic mass is 32.2. The number of hydrogen-bond donors (Lipinski definition) is 1. The van der Waals surface area contributed by atoms with Crippen LogP contribution in [0, 0.1) is 11.8 Å². The Balaban J connectivity index is 1.91. The second kappa shape index (κ2) is 4.76. The zero-order valence-corrected chi connectivity index (χ0v) is 11.9. The van der Waals surface area contributed by atoms with Gasteiger partial charge in [0.05, 0.1) is 5.69 Å². The van der Waals surface area contributed by atoms with Crippen molar-refractivity contribution in [2.24, 2.45) is 11.8 Å². The number of nitrogens with zero attached hydrogens (tertiary/aromatic N) is 2. The second-order valence-electron chi connectivity index (χ2n) is 5.38. The molecule has 5 nitrogen and oxygen atoms in total. The lowest BCUT2D eigenvalue weighted by molar-refractivity contribution is 0.443. The first-order valence-electron chi connectivity index (χ1n) is 6.76. The number of aromatic nitrogens is 1. The van der Waals surface area contributed by atoms with E-state index in [0.717, 1.165) is 12.8 Å². The predicted molar refractivity (Wildman–Crippen MR) is 73.4 cm³/mol. The molecule has 1 aromatic heterocycles. The van der Waals surface area contributed by atoms with Crippen molar-refractivity contribution in [2.45, 2.75) is 24.3 Å². The normalized spacial score (nSPS) is 27.4. The van der Waals surface area contributed by atoms with Gasteiger partial charge in [-0.2, -0.15) is 4.31 Å². The van der Waals surface area contributed by atoms with E-state index in [1.54, 1.807) is 23.5 Å². The summed E-state index contributed by atoms with van der Waals surface area (Å²) < 4.78 is 27.0. The molecule has 0 spiro atoms. The molecule has 104 valence electrons. The molecule has 1 saturated heterocycles. The maximum absolute atomic E-state index is 12.7. The van der Waals surface area contributed by atoms with Crippen molar-refractivity contribution in [3.8, 4) is 0 Å². The molecule has 2 aliphatic rings. The topological polar surface area (TPSA) is 62.3 Å². The minimum atomic E-state index is -3.46. The third kappa shape index (κ3) is 2.12. The summed E-state index contributed by atoms with van der Waals surface area (Å²) in [5.74, 6) is 1.10. The molecule has 2 unspecified atom stereocenters. The predicted octanol–water partition coefficient (Wildman–Crippen LogP) is 1.54. The summed E-state index contributed by atoms with van der Waals surface area (Å²) in [4.78, 5) is 4.07. The van der Waals surface area contributed by atoms with Gasteiger partial charge in [0.15, 0.2) is 5.03 Å². The lowest BCUT2D eigenvalue weighted by Crippen LogP contribution is -2.30. The fourth-order valence-electron chi connectivity index (χ4n) is 3.30. The molecule has 0 amide bonds. The molecule has 2 heterocycles. The first-order valence-corrected chi connectivity index (χ1v) is 8.20. The van der Waals surface area contributed by atoms with Crippen molar-refractivity contribution >= 4 is 15.7 Å². The molecular weight excluding hydrogens is 262 g/mol. The summed E-state index contributed by atoms with van der Waals surface area (Å²) in [6.45, 7) is 1.32. The van der Waals surface area contributed by atoms with Gasteiger partial charge in [0, 0.05) is 26.3 Å². The average molecular weight is 281 g/mol. The van der Waals surface area contributed by atoms with Gasteiger partial charge in [0.1, 0.15) is 0 Å². The quantitative estimate of drug-likeness (QED) is 0.913. The van der Waals surface area contributed by atoms with Crippen LogP contribution in [0.4, 0.5) is 5.69 Å². The van der Waals surface area contributed by atoms with Crippen molar-refractivity contribution in [3.63, 3.8) is 0 Å². The van der Waals surface area contributed by atoms with Crippen LogP contribution in [-0.4, -0.2) is 37.8 Å². The van der Waals surface area contributed by atoms with Gasteiger partial charge in [0.2, 0.25) is 0 Å². The molecule has 2 atom stereocenters. The number of rotatable bonds is 3. The van der Waals surface area contributed by atoms with Crippen molar-refractivity contribution in [1.82, 2.24) is 9.29 Å². The van der Waals surface area contributed by atoms with Gasteiger partial charge >= 0.3 is 0 Å². The minimum absolute atomic E-state index is 0.150. The van der Waals surface area contributed by atoms with E-state index in [-0.39, 0.29) is 5.03 Å². The monoisotopic (exact) mass is 281 g/mol. The van der Waals surface area contributed by atoms with Gasteiger partial charge in [-0.15, -0.1) is 0 Å². The Bertz CT molecular complexity index is 561. The maximum atomic E-state index is 12.7. The molecule has 1 aliphatic carbocycles. The highest BCUT2D eigenvalue weighted by molar-refractivity contribution is 7.89. The maximum Gasteiger partial charge on any atom is 0.262 e. The van der Waals surface area contributed by atoms with E-state index in [9.17, 15) is 8.42 Å². The van der Waals surface area contributed by atoms with Gasteiger partial charge in [-0.25, -0.2) is 13.4 Å². The van der Waals surface area contributed by atoms with E-state index < -0.39 is 10.0 Å². The second-order valence-corrected chi connectivity index (χ2v) is 7.23. The largest absolute Gasteiger partial charge is 0.386 e. The highest BCUT2D eigenvalue weighted by Crippen LogP contribution is 2.40. The standard InChI is InChI=1S/C13H19N3O2S/c1-14-12-6-3-7-15-13(12)19(17,18)16-8-10-4-2-5-11(10)9-16/h3,6-7,10-11,14H,2,4-5,8-9H2,1H3. The zero-order valence-electron chi connectivity index (χ0n) is 11.0. The number of sulfonamides is 1. The van der Waals surface area contributed by atoms with Crippen LogP contribution in [0.15, 0.2) is 23.4 Å². The molecule has 0 bridgehead atoms. The summed E-state index contributed by atoms with van der Waals surface area (Å²) in [7, 11) is -1.75. The molecule has 1 aromatic rings. The lowest BCUT2D eigenvalue weighted by atomic mass is 10.0. The Morgan fingerprint density at radius 2 is 2.00 bits per heavy atom. The first-order chi connectivity index (χ1) is 9.13. The number of pyridine rings is 1. The van der Waals surface area contributed by atoms with Crippen LogP contribution in [0.2, 0.25) is 0 Å². The minimum Gasteiger partial charge on any atom is -0.386 e. The van der Waals surface area contributed by atoms with Crippen LogP contribution in [0.5, 0.6) is 0 Å². The van der Waals surface area contributed by atoms with Crippen LogP contribution in [0.25, 0.3) is 0 Å². The van der Waals surface area contributed by atoms with Crippen LogP contribution >= 0.6 is 0 Å². The molecule has 0 radical (unpaired) electrons. The highest BCUT2D eigenvalue weighted by Gasteiger charge is 2.42. The average Bonchev–Trinajstić information content (AvgIpc) is 2.99. The summed E-state index contributed by atoms with van der Waals surface area (Å²) >= 11 is 0. The Morgan fingerprint density at radius 3 is 2.63 bits per heavy atom. The first kappa shape index (κ1) is 12.9. The smallest absolute Gasteiger partial charge is 0.262 e. The lowest BCUT2D eigenvalue weighted by Gasteiger charge is -2.18. The number of anilines is 1. The van der Waals surface area contributed by atoms with E-state index in [2.05, 4.69) is 10.3 Å². The molecule has 0 aromatic carbocycles. The van der Waals surface area contributed by atoms with Crippen molar-refractivity contribution in [2.75, 3.05) is 25.5 Å². The van der Waals surface area contributed by atoms with Crippen molar-refractivity contribution in [3.05, 3.63) is 18.3 Å². The summed E-state index contributed by atoms with van der Waals surface area (Å²) in [6, 6.07) is 3.49. The van der Waals surface area contributed by atoms with Gasteiger partial charge < -0.3 is 5.32 Å². The number of nitrogens with one attached hydrogen (secondary N) is 1. The fraction of sp³-hybridized carbons (Fsp3) is 0.615. The number of hydrogen-bond acceptors (Lipinski definition) is 4. The van der Waals surface area contributed by atoms with Crippen LogP contribution in [0.3, 0.4) is 0 Å². The van der Waals surface area contributed by atoms with Crippen molar-refractivity contribution < 1.29 is 8.42 Å². The van der Waals surface area contributed by atoms with Gasteiger partial charge in [-0.1, -0.05) is 6.42 Å². The number of fused-ring (bicyclic) bond motifs is 1. The molecule has 1 saturated carbocycles. The molecule has 19 heavy (non-hydrogen) atoms. The molecule has 1 N–H and O–H groups in total. The van der Waals surface area contributed by atoms with E-state index in [4.69, 9.17) is 0 Å². The van der Waals surface area contributed by atoms with Crippen LogP contribution in [-0.2, 0) is 10.0 Å². The molecule has 1 aliphatic heterocycles. The van der Waals surface area contributed by atoms with Crippen LogP contribution in [0.1, 0.15) is 19.3 Å². The van der Waals surface area contributed by atoms with Crippen LogP contribution < -0.4 is 5.32 Å². The Kier molecular flexibility index (Phi) is 3.22. The molecule has 2 fully saturated rings. The van der Waals surface area contributed by atoms with Gasteiger partial charge in [0.25, 0.3) is 10.0 Å². The third-order valence-corrected chi connectivity index (χ3v) is 6.11. The van der Waals surface area contributed by atoms with E-state index in [1.165, 1.54) is 12.6 Å². The fourth-order valence-corrected chi connectivity index (χ4v) is 4.96. The van der Waals surface area contributed by atoms with Gasteiger partial charge in [-0.05, 0) is 36.8 Å². The summed E-state index contributed by atoms with van der Waals surface area (Å²) in [5.41, 5.74) is 0.569. The Labute approximate surface area is 114 Å². The van der Waals surface area contributed by atoms with Crippen molar-refractivity contribution in [1.29, 1.82) is 0 Å². The molecule has 6 heteroatoms. The zero-order chi connectivity index (χ0) is 13.5. The van der Waals surface area contributed by atoms with Gasteiger partial charge in [-0.3, -0.25) is 0 Å². The molecular formula is C13H19N3O2S. The van der Waals surface area contributed by atoms with E-state index in [1.807, 2.05) is 0 Å². The third-order valence-electron chi connectivity index (χ3n) is 4.32. The summed E-state index contributed by atoms with van der Waals surface area (Å²) in [5, 5.41) is 3.06. The summed E-state index contributed by atoms with van der Waals surface area (Å²) in [6.07, 6.45) is 5.11. The van der Waals surface area contributed by atoms with E-state index in [0.29, 0.717) is 30.6 Å². The Hall–Kier alpha value is -1.14. The SMILES string of the molecule is CNc1cccnc1S(=O)(=O)N1CC2CCCC2C1.